The summed E-state index contributed by atoms with van der Waals surface area (Å²) < 4.78 is 14.4. The molecule has 0 bridgehead atoms. The molecule has 0 fully saturated rings. The number of nitrogens with one attached hydrogen (secondary N) is 1. The number of hydrogen-bond donors (Lipinski definition) is 2. The molecule has 2 rings (SSSR count). The van der Waals surface area contributed by atoms with Gasteiger partial charge in [-0.3, -0.25) is 9.59 Å². The lowest BCUT2D eigenvalue weighted by molar-refractivity contribution is -0.137. The maximum absolute atomic E-state index is 13.1. The highest BCUT2D eigenvalue weighted by Gasteiger charge is 2.10. The lowest BCUT2D eigenvalue weighted by Gasteiger charge is -2.04. The van der Waals surface area contributed by atoms with Gasteiger partial charge in [0.15, 0.2) is 0 Å². The molecular formula is C12H10BrFN4O3. The van der Waals surface area contributed by atoms with Crippen molar-refractivity contribution >= 4 is 27.8 Å². The molecule has 1 heterocycles. The molecule has 21 heavy (non-hydrogen) atoms. The summed E-state index contributed by atoms with van der Waals surface area (Å²) in [6.07, 6.45) is 1.43. The van der Waals surface area contributed by atoms with Gasteiger partial charge in [0.05, 0.1) is 17.2 Å². The largest absolute Gasteiger partial charge is 0.480 e. The van der Waals surface area contributed by atoms with E-state index in [0.717, 1.165) is 4.68 Å². The smallest absolute Gasteiger partial charge is 0.325 e. The van der Waals surface area contributed by atoms with E-state index >= 15 is 0 Å². The number of rotatable bonds is 5. The SMILES string of the molecule is O=C(O)Cn1cc(CNC(=O)c2ccc(F)c(Br)c2)nn1. The van der Waals surface area contributed by atoms with Crippen LogP contribution in [0.1, 0.15) is 16.1 Å². The average molecular weight is 357 g/mol. The van der Waals surface area contributed by atoms with Crippen LogP contribution in [-0.2, 0) is 17.9 Å². The van der Waals surface area contributed by atoms with Crippen LogP contribution in [0.15, 0.2) is 28.9 Å². The lowest BCUT2D eigenvalue weighted by Crippen LogP contribution is -2.23. The molecule has 7 nitrogen and oxygen atoms in total. The molecule has 110 valence electrons. The van der Waals surface area contributed by atoms with Gasteiger partial charge in [-0.1, -0.05) is 5.21 Å². The highest BCUT2D eigenvalue weighted by atomic mass is 79.9. The van der Waals surface area contributed by atoms with Crippen LogP contribution in [0.3, 0.4) is 0 Å². The molecule has 2 N–H and O–H groups in total. The van der Waals surface area contributed by atoms with Crippen molar-refractivity contribution < 1.29 is 19.1 Å². The molecule has 0 saturated carbocycles. The summed E-state index contributed by atoms with van der Waals surface area (Å²) in [6, 6.07) is 3.91. The number of benzene rings is 1. The normalized spacial score (nSPS) is 10.4. The van der Waals surface area contributed by atoms with Crippen LogP contribution in [0.2, 0.25) is 0 Å². The van der Waals surface area contributed by atoms with Crippen molar-refractivity contribution in [3.8, 4) is 0 Å². The van der Waals surface area contributed by atoms with Gasteiger partial charge < -0.3 is 10.4 Å². The summed E-state index contributed by atoms with van der Waals surface area (Å²) in [5.74, 6) is -1.89. The van der Waals surface area contributed by atoms with Crippen LogP contribution in [0.5, 0.6) is 0 Å². The van der Waals surface area contributed by atoms with Crippen molar-refractivity contribution in [2.75, 3.05) is 0 Å². The van der Waals surface area contributed by atoms with Crippen molar-refractivity contribution in [2.24, 2.45) is 0 Å². The maximum Gasteiger partial charge on any atom is 0.325 e. The van der Waals surface area contributed by atoms with Crippen LogP contribution in [-0.4, -0.2) is 32.0 Å². The molecule has 2 aromatic rings. The first kappa shape index (κ1) is 15.1. The number of amides is 1. The molecule has 1 aromatic carbocycles. The molecule has 0 spiro atoms. The topological polar surface area (TPSA) is 97.1 Å². The molecule has 1 aromatic heterocycles. The molecule has 0 aliphatic carbocycles. The Morgan fingerprint density at radius 1 is 1.43 bits per heavy atom. The van der Waals surface area contributed by atoms with E-state index in [2.05, 4.69) is 31.6 Å². The quantitative estimate of drug-likeness (QED) is 0.838. The molecule has 0 radical (unpaired) electrons. The first-order chi connectivity index (χ1) is 9.95. The van der Waals surface area contributed by atoms with E-state index < -0.39 is 17.7 Å². The molecule has 1 amide bonds. The third kappa shape index (κ3) is 4.09. The van der Waals surface area contributed by atoms with E-state index in [1.54, 1.807) is 0 Å². The monoisotopic (exact) mass is 356 g/mol. The summed E-state index contributed by atoms with van der Waals surface area (Å²) in [6.45, 7) is -0.209. The Balaban J connectivity index is 1.95. The van der Waals surface area contributed by atoms with Gasteiger partial charge in [0.1, 0.15) is 18.1 Å². The predicted octanol–water partition coefficient (Wildman–Crippen LogP) is 1.19. The zero-order valence-electron chi connectivity index (χ0n) is 10.6. The van der Waals surface area contributed by atoms with Crippen molar-refractivity contribution in [2.45, 2.75) is 13.1 Å². The highest BCUT2D eigenvalue weighted by Crippen LogP contribution is 2.16. The second-order valence-corrected chi connectivity index (χ2v) is 4.97. The minimum atomic E-state index is -1.04. The van der Waals surface area contributed by atoms with E-state index in [4.69, 9.17) is 5.11 Å². The molecule has 0 saturated heterocycles. The summed E-state index contributed by atoms with van der Waals surface area (Å²) >= 11 is 3.00. The first-order valence-corrected chi connectivity index (χ1v) is 6.59. The van der Waals surface area contributed by atoms with Crippen LogP contribution >= 0.6 is 15.9 Å². The second kappa shape index (κ2) is 6.44. The van der Waals surface area contributed by atoms with Crippen molar-refractivity contribution in [1.29, 1.82) is 0 Å². The summed E-state index contributed by atoms with van der Waals surface area (Å²) in [4.78, 5) is 22.4. The average Bonchev–Trinajstić information content (AvgIpc) is 2.86. The van der Waals surface area contributed by atoms with E-state index in [1.165, 1.54) is 24.4 Å². The van der Waals surface area contributed by atoms with E-state index in [1.807, 2.05) is 0 Å². The van der Waals surface area contributed by atoms with Gasteiger partial charge in [-0.05, 0) is 34.1 Å². The Labute approximate surface area is 126 Å². The second-order valence-electron chi connectivity index (χ2n) is 4.11. The number of carbonyl (C=O) groups is 2. The Bertz CT molecular complexity index is 689. The minimum absolute atomic E-state index is 0.0907. The van der Waals surface area contributed by atoms with Gasteiger partial charge in [-0.15, -0.1) is 5.10 Å². The molecular weight excluding hydrogens is 347 g/mol. The molecule has 0 aliphatic rings. The van der Waals surface area contributed by atoms with Crippen LogP contribution in [0.25, 0.3) is 0 Å². The highest BCUT2D eigenvalue weighted by molar-refractivity contribution is 9.10. The van der Waals surface area contributed by atoms with Gasteiger partial charge in [-0.2, -0.15) is 0 Å². The Hall–Kier alpha value is -2.29. The van der Waals surface area contributed by atoms with Crippen molar-refractivity contribution in [3.63, 3.8) is 0 Å². The fraction of sp³-hybridized carbons (Fsp3) is 0.167. The fourth-order valence-electron chi connectivity index (χ4n) is 1.55. The Morgan fingerprint density at radius 3 is 2.86 bits per heavy atom. The lowest BCUT2D eigenvalue weighted by atomic mass is 10.2. The van der Waals surface area contributed by atoms with Gasteiger partial charge in [0.2, 0.25) is 0 Å². The van der Waals surface area contributed by atoms with Crippen molar-refractivity contribution in [3.05, 3.63) is 45.9 Å². The summed E-state index contributed by atoms with van der Waals surface area (Å²) in [5, 5.41) is 18.5. The number of nitrogens with zero attached hydrogens (tertiary/aromatic N) is 3. The molecule has 9 heteroatoms. The molecule has 0 unspecified atom stereocenters. The number of carboxylic acids is 1. The molecule has 0 atom stereocenters. The first-order valence-electron chi connectivity index (χ1n) is 5.80. The standard InChI is InChI=1S/C12H10BrFN4O3/c13-9-3-7(1-2-10(9)14)12(21)15-4-8-5-18(17-16-8)6-11(19)20/h1-3,5H,4,6H2,(H,15,21)(H,19,20). The van der Waals surface area contributed by atoms with E-state index in [9.17, 15) is 14.0 Å². The van der Waals surface area contributed by atoms with Gasteiger partial charge in [0.25, 0.3) is 5.91 Å². The van der Waals surface area contributed by atoms with Gasteiger partial charge in [0, 0.05) is 5.56 Å². The number of aromatic nitrogens is 3. The van der Waals surface area contributed by atoms with E-state index in [0.29, 0.717) is 11.3 Å². The molecule has 0 aliphatic heterocycles. The minimum Gasteiger partial charge on any atom is -0.480 e. The summed E-state index contributed by atoms with van der Waals surface area (Å²) in [5.41, 5.74) is 0.715. The Morgan fingerprint density at radius 2 is 2.19 bits per heavy atom. The van der Waals surface area contributed by atoms with Crippen LogP contribution in [0, 0.1) is 5.82 Å². The predicted molar refractivity (Wildman–Crippen MR) is 72.9 cm³/mol. The Kier molecular flexibility index (Phi) is 4.63. The number of carboxylic acid groups (broad SMARTS) is 1. The maximum atomic E-state index is 13.1. The zero-order valence-corrected chi connectivity index (χ0v) is 12.2. The number of aliphatic carboxylic acids is 1. The fourth-order valence-corrected chi connectivity index (χ4v) is 1.92. The van der Waals surface area contributed by atoms with Crippen LogP contribution in [0.4, 0.5) is 4.39 Å². The number of halogens is 2. The third-order valence-electron chi connectivity index (χ3n) is 2.50. The number of hydrogen-bond acceptors (Lipinski definition) is 4. The third-order valence-corrected chi connectivity index (χ3v) is 3.10. The van der Waals surface area contributed by atoms with E-state index in [-0.39, 0.29) is 17.6 Å². The number of carbonyl (C=O) groups excluding carboxylic acids is 1. The van der Waals surface area contributed by atoms with Crippen molar-refractivity contribution in [1.82, 2.24) is 20.3 Å². The van der Waals surface area contributed by atoms with Gasteiger partial charge >= 0.3 is 5.97 Å². The summed E-state index contributed by atoms with van der Waals surface area (Å²) in [7, 11) is 0. The zero-order chi connectivity index (χ0) is 15.4. The van der Waals surface area contributed by atoms with Gasteiger partial charge in [-0.25, -0.2) is 9.07 Å². The van der Waals surface area contributed by atoms with Crippen LogP contribution < -0.4 is 5.32 Å².